The number of ether oxygens (including phenoxy) is 1. The van der Waals surface area contributed by atoms with Crippen molar-refractivity contribution in [2.24, 2.45) is 0 Å². The molecule has 1 amide bonds. The minimum Gasteiger partial charge on any atom is -0.448 e. The summed E-state index contributed by atoms with van der Waals surface area (Å²) < 4.78 is 5.12. The van der Waals surface area contributed by atoms with Crippen molar-refractivity contribution in [1.82, 2.24) is 0 Å². The molecule has 1 aromatic rings. The Labute approximate surface area is 211 Å². The SMILES string of the molecule is O=C(Nc1ccc([N+](=O)[O-])cc1)OCCSCCSCCSCCSCCSCCS. The van der Waals surface area contributed by atoms with Gasteiger partial charge in [-0.25, -0.2) is 4.79 Å². The van der Waals surface area contributed by atoms with Crippen LogP contribution in [0.15, 0.2) is 24.3 Å². The number of carbonyl (C=O) groups excluding carboxylic acids is 1. The predicted octanol–water partition coefficient (Wildman–Crippen LogP) is 5.74. The molecule has 0 radical (unpaired) electrons. The van der Waals surface area contributed by atoms with Crippen molar-refractivity contribution in [2.75, 3.05) is 75.2 Å². The minimum atomic E-state index is -0.546. The summed E-state index contributed by atoms with van der Waals surface area (Å²) in [5.41, 5.74) is 0.454. The van der Waals surface area contributed by atoms with Crippen LogP contribution in [0.2, 0.25) is 0 Å². The first-order valence-electron chi connectivity index (χ1n) is 9.81. The maximum Gasteiger partial charge on any atom is 0.411 e. The smallest absolute Gasteiger partial charge is 0.411 e. The number of nitrogens with one attached hydrogen (secondary N) is 1. The van der Waals surface area contributed by atoms with Gasteiger partial charge >= 0.3 is 6.09 Å². The lowest BCUT2D eigenvalue weighted by atomic mass is 10.3. The van der Waals surface area contributed by atoms with Crippen molar-refractivity contribution in [1.29, 1.82) is 0 Å². The second kappa shape index (κ2) is 20.6. The summed E-state index contributed by atoms with van der Waals surface area (Å²) in [6, 6.07) is 5.64. The number of non-ortho nitro benzene ring substituents is 1. The van der Waals surface area contributed by atoms with Gasteiger partial charge in [-0.2, -0.15) is 71.4 Å². The van der Waals surface area contributed by atoms with E-state index in [-0.39, 0.29) is 5.69 Å². The molecule has 6 nitrogen and oxygen atoms in total. The zero-order valence-electron chi connectivity index (χ0n) is 17.4. The first-order chi connectivity index (χ1) is 15.1. The van der Waals surface area contributed by atoms with Crippen LogP contribution in [-0.2, 0) is 4.74 Å². The fraction of sp³-hybridized carbons (Fsp3) is 0.632. The van der Waals surface area contributed by atoms with Crippen molar-refractivity contribution in [3.63, 3.8) is 0 Å². The third-order valence-corrected chi connectivity index (χ3v) is 9.96. The maximum absolute atomic E-state index is 11.7. The van der Waals surface area contributed by atoms with E-state index in [1.807, 2.05) is 47.0 Å². The van der Waals surface area contributed by atoms with E-state index in [4.69, 9.17) is 4.74 Å². The van der Waals surface area contributed by atoms with E-state index in [0.29, 0.717) is 12.3 Å². The van der Waals surface area contributed by atoms with Gasteiger partial charge in [0.05, 0.1) is 4.92 Å². The Balaban J connectivity index is 1.84. The number of nitrogens with zero attached hydrogens (tertiary/aromatic N) is 1. The van der Waals surface area contributed by atoms with Crippen LogP contribution < -0.4 is 5.32 Å². The summed E-state index contributed by atoms with van der Waals surface area (Å²) in [5, 5.41) is 13.2. The molecule has 0 aliphatic rings. The third kappa shape index (κ3) is 17.2. The Morgan fingerprint density at radius 3 is 1.74 bits per heavy atom. The normalized spacial score (nSPS) is 10.7. The molecular weight excluding hydrogens is 513 g/mol. The van der Waals surface area contributed by atoms with Crippen LogP contribution >= 0.6 is 71.4 Å². The summed E-state index contributed by atoms with van der Waals surface area (Å²) in [4.78, 5) is 21.8. The molecule has 1 N–H and O–H groups in total. The van der Waals surface area contributed by atoms with Crippen LogP contribution in [0.4, 0.5) is 16.2 Å². The van der Waals surface area contributed by atoms with Crippen LogP contribution in [-0.4, -0.2) is 80.9 Å². The summed E-state index contributed by atoms with van der Waals surface area (Å²) >= 11 is 14.0. The summed E-state index contributed by atoms with van der Waals surface area (Å²) in [6.45, 7) is 0.342. The Hall–Kier alpha value is -0.01000. The lowest BCUT2D eigenvalue weighted by Gasteiger charge is -2.07. The van der Waals surface area contributed by atoms with Crippen LogP contribution in [0.3, 0.4) is 0 Å². The van der Waals surface area contributed by atoms with E-state index in [1.54, 1.807) is 11.8 Å². The number of thioether (sulfide) groups is 5. The van der Waals surface area contributed by atoms with E-state index in [1.165, 1.54) is 58.8 Å². The van der Waals surface area contributed by atoms with Crippen LogP contribution in [0, 0.1) is 10.1 Å². The molecule has 31 heavy (non-hydrogen) atoms. The lowest BCUT2D eigenvalue weighted by molar-refractivity contribution is -0.384. The molecule has 0 aliphatic carbocycles. The number of anilines is 1. The number of nitro benzene ring substituents is 1. The monoisotopic (exact) mass is 542 g/mol. The van der Waals surface area contributed by atoms with Crippen molar-refractivity contribution >= 4 is 88.9 Å². The minimum absolute atomic E-state index is 0.0175. The van der Waals surface area contributed by atoms with Gasteiger partial charge in [0.2, 0.25) is 0 Å². The van der Waals surface area contributed by atoms with E-state index in [9.17, 15) is 14.9 Å². The number of benzene rings is 1. The molecule has 0 unspecified atom stereocenters. The molecule has 1 aromatic carbocycles. The van der Waals surface area contributed by atoms with Gasteiger partial charge < -0.3 is 4.74 Å². The fourth-order valence-electron chi connectivity index (χ4n) is 2.06. The molecule has 0 spiro atoms. The van der Waals surface area contributed by atoms with E-state index < -0.39 is 11.0 Å². The molecule has 0 saturated carbocycles. The predicted molar refractivity (Wildman–Crippen MR) is 149 cm³/mol. The van der Waals surface area contributed by atoms with E-state index >= 15 is 0 Å². The molecule has 0 bridgehead atoms. The highest BCUT2D eigenvalue weighted by Gasteiger charge is 2.07. The van der Waals surface area contributed by atoms with Crippen molar-refractivity contribution < 1.29 is 14.5 Å². The van der Waals surface area contributed by atoms with Gasteiger partial charge in [0.15, 0.2) is 0 Å². The van der Waals surface area contributed by atoms with Gasteiger partial charge in [-0.05, 0) is 17.9 Å². The van der Waals surface area contributed by atoms with Crippen molar-refractivity contribution in [3.05, 3.63) is 34.4 Å². The molecule has 0 aromatic heterocycles. The Kier molecular flexibility index (Phi) is 19.3. The molecular formula is C19H30N2O4S6. The van der Waals surface area contributed by atoms with Crippen LogP contribution in [0.25, 0.3) is 0 Å². The summed E-state index contributed by atoms with van der Waals surface area (Å²) in [6.07, 6.45) is -0.546. The quantitative estimate of drug-likeness (QED) is 0.0984. The Morgan fingerprint density at radius 1 is 0.839 bits per heavy atom. The van der Waals surface area contributed by atoms with Gasteiger partial charge in [-0.15, -0.1) is 0 Å². The van der Waals surface area contributed by atoms with Gasteiger partial charge in [0.1, 0.15) is 6.61 Å². The number of rotatable bonds is 19. The molecule has 0 saturated heterocycles. The second-order valence-electron chi connectivity index (χ2n) is 5.85. The molecule has 0 aliphatic heterocycles. The standard InChI is InChI=1S/C19H30N2O4S6/c22-19(20-17-1-3-18(4-2-17)21(23)24)25-5-7-27-9-11-29-13-15-31-16-14-30-12-10-28-8-6-26/h1-4,26H,5-16H2,(H,20,22). The Bertz CT molecular complexity index is 610. The molecule has 176 valence electrons. The zero-order valence-corrected chi connectivity index (χ0v) is 22.3. The number of carbonyl (C=O) groups is 1. The van der Waals surface area contributed by atoms with Crippen LogP contribution in [0.1, 0.15) is 0 Å². The maximum atomic E-state index is 11.7. The highest BCUT2D eigenvalue weighted by Crippen LogP contribution is 2.16. The largest absolute Gasteiger partial charge is 0.448 e. The highest BCUT2D eigenvalue weighted by molar-refractivity contribution is 8.06. The number of nitro groups is 1. The highest BCUT2D eigenvalue weighted by atomic mass is 32.2. The fourth-order valence-corrected chi connectivity index (χ4v) is 7.57. The lowest BCUT2D eigenvalue weighted by Crippen LogP contribution is -2.15. The number of hydrogen-bond acceptors (Lipinski definition) is 10. The average molecular weight is 543 g/mol. The van der Waals surface area contributed by atoms with Gasteiger partial charge in [-0.1, -0.05) is 0 Å². The van der Waals surface area contributed by atoms with E-state index in [2.05, 4.69) is 17.9 Å². The van der Waals surface area contributed by atoms with E-state index in [0.717, 1.165) is 28.8 Å². The topological polar surface area (TPSA) is 81.5 Å². The summed E-state index contributed by atoms with van der Waals surface area (Å²) in [5.74, 6) is 12.4. The van der Waals surface area contributed by atoms with Crippen LogP contribution in [0.5, 0.6) is 0 Å². The zero-order chi connectivity index (χ0) is 22.6. The molecule has 0 atom stereocenters. The van der Waals surface area contributed by atoms with Gasteiger partial charge in [0, 0.05) is 75.3 Å². The van der Waals surface area contributed by atoms with Gasteiger partial charge in [0.25, 0.3) is 5.69 Å². The molecule has 12 heteroatoms. The molecule has 1 rings (SSSR count). The first kappa shape index (κ1) is 29.0. The van der Waals surface area contributed by atoms with Gasteiger partial charge in [-0.3, -0.25) is 15.4 Å². The number of amides is 1. The third-order valence-electron chi connectivity index (χ3n) is 3.51. The average Bonchev–Trinajstić information content (AvgIpc) is 2.76. The number of thiol groups is 1. The summed E-state index contributed by atoms with van der Waals surface area (Å²) in [7, 11) is 0. The Morgan fingerprint density at radius 2 is 1.29 bits per heavy atom. The van der Waals surface area contributed by atoms with Crippen molar-refractivity contribution in [3.8, 4) is 0 Å². The van der Waals surface area contributed by atoms with Crippen molar-refractivity contribution in [2.45, 2.75) is 0 Å². The first-order valence-corrected chi connectivity index (χ1v) is 16.2. The second-order valence-corrected chi connectivity index (χ2v) is 12.4. The number of hydrogen-bond donors (Lipinski definition) is 2. The molecule has 0 fully saturated rings. The molecule has 0 heterocycles.